The predicted molar refractivity (Wildman–Crippen MR) is 61.0 cm³/mol. The Morgan fingerprint density at radius 1 is 1.64 bits per heavy atom. The monoisotopic (exact) mass is 208 g/mol. The summed E-state index contributed by atoms with van der Waals surface area (Å²) in [6.45, 7) is 1.99. The molecule has 1 rings (SSSR count). The number of nitrogens with zero attached hydrogens (tertiary/aromatic N) is 2. The number of hydrazone groups is 1. The molecule has 5 heteroatoms. The van der Waals surface area contributed by atoms with Crippen LogP contribution in [0.15, 0.2) is 29.5 Å². The topological polar surface area (TPSA) is 63.3 Å². The Labute approximate surface area is 88.2 Å². The normalized spacial score (nSPS) is 11.1. The van der Waals surface area contributed by atoms with Crippen LogP contribution >= 0.6 is 12.2 Å². The van der Waals surface area contributed by atoms with E-state index in [9.17, 15) is 0 Å². The molecular weight excluding hydrogens is 196 g/mol. The van der Waals surface area contributed by atoms with Gasteiger partial charge in [-0.3, -0.25) is 10.4 Å². The second-order valence-electron chi connectivity index (χ2n) is 2.60. The summed E-state index contributed by atoms with van der Waals surface area (Å²) in [6.07, 6.45) is 2.49. The van der Waals surface area contributed by atoms with Crippen molar-refractivity contribution in [2.24, 2.45) is 10.8 Å². The molecule has 0 radical (unpaired) electrons. The first-order valence-electron chi connectivity index (χ1n) is 4.27. The molecule has 1 aromatic rings. The van der Waals surface area contributed by atoms with Crippen molar-refractivity contribution in [3.8, 4) is 0 Å². The molecule has 0 aliphatic rings. The molecule has 4 nitrogen and oxygen atoms in total. The summed E-state index contributed by atoms with van der Waals surface area (Å²) in [5, 5.41) is 4.21. The Kier molecular flexibility index (Phi) is 4.00. The van der Waals surface area contributed by atoms with Crippen LogP contribution < -0.4 is 11.2 Å². The van der Waals surface area contributed by atoms with Crippen LogP contribution in [0.1, 0.15) is 19.0 Å². The smallest absolute Gasteiger partial charge is 0.184 e. The van der Waals surface area contributed by atoms with Crippen molar-refractivity contribution < 1.29 is 0 Å². The van der Waals surface area contributed by atoms with E-state index in [0.29, 0.717) is 0 Å². The Bertz CT molecular complexity index is 334. The molecule has 0 atom stereocenters. The van der Waals surface area contributed by atoms with Gasteiger partial charge in [-0.25, -0.2) is 0 Å². The molecule has 14 heavy (non-hydrogen) atoms. The van der Waals surface area contributed by atoms with Gasteiger partial charge in [0.15, 0.2) is 5.11 Å². The van der Waals surface area contributed by atoms with Crippen molar-refractivity contribution >= 4 is 23.0 Å². The summed E-state index contributed by atoms with van der Waals surface area (Å²) in [6, 6.07) is 5.66. The minimum absolute atomic E-state index is 0.159. The van der Waals surface area contributed by atoms with Crippen LogP contribution in [0, 0.1) is 0 Å². The minimum atomic E-state index is 0.159. The molecule has 0 unspecified atom stereocenters. The Balaban J connectivity index is 2.82. The molecule has 0 aliphatic heterocycles. The highest BCUT2D eigenvalue weighted by molar-refractivity contribution is 7.80. The molecule has 1 aromatic heterocycles. The van der Waals surface area contributed by atoms with Crippen LogP contribution in [0.25, 0.3) is 0 Å². The zero-order valence-electron chi connectivity index (χ0n) is 7.90. The molecule has 0 aliphatic carbocycles. The fourth-order valence-corrected chi connectivity index (χ4v) is 1.02. The maximum atomic E-state index is 5.27. The molecule has 74 valence electrons. The first-order valence-corrected chi connectivity index (χ1v) is 4.68. The SMILES string of the molecule is CC/C(=N\NC(N)=S)c1ccccn1. The molecule has 0 amide bonds. The third-order valence-electron chi connectivity index (χ3n) is 1.60. The number of hydrogen-bond acceptors (Lipinski definition) is 3. The van der Waals surface area contributed by atoms with Crippen molar-refractivity contribution in [2.45, 2.75) is 13.3 Å². The van der Waals surface area contributed by atoms with Crippen LogP contribution in [-0.4, -0.2) is 15.8 Å². The van der Waals surface area contributed by atoms with E-state index in [1.807, 2.05) is 25.1 Å². The van der Waals surface area contributed by atoms with E-state index in [0.717, 1.165) is 17.8 Å². The number of hydrogen-bond donors (Lipinski definition) is 2. The van der Waals surface area contributed by atoms with Crippen LogP contribution in [0.2, 0.25) is 0 Å². The molecule has 1 heterocycles. The maximum absolute atomic E-state index is 5.27. The third kappa shape index (κ3) is 3.10. The van der Waals surface area contributed by atoms with Crippen LogP contribution in [0.5, 0.6) is 0 Å². The highest BCUT2D eigenvalue weighted by atomic mass is 32.1. The molecule has 0 spiro atoms. The highest BCUT2D eigenvalue weighted by Gasteiger charge is 2.00. The van der Waals surface area contributed by atoms with Gasteiger partial charge in [0, 0.05) is 6.20 Å². The number of thiocarbonyl (C=S) groups is 1. The predicted octanol–water partition coefficient (Wildman–Crippen LogP) is 1.03. The summed E-state index contributed by atoms with van der Waals surface area (Å²) in [5.74, 6) is 0. The summed E-state index contributed by atoms with van der Waals surface area (Å²) in [7, 11) is 0. The van der Waals surface area contributed by atoms with Gasteiger partial charge in [-0.2, -0.15) is 5.10 Å². The van der Waals surface area contributed by atoms with Crippen molar-refractivity contribution in [3.63, 3.8) is 0 Å². The summed E-state index contributed by atoms with van der Waals surface area (Å²) in [5.41, 5.74) is 9.48. The molecule has 3 N–H and O–H groups in total. The second kappa shape index (κ2) is 5.29. The lowest BCUT2D eigenvalue weighted by atomic mass is 10.2. The van der Waals surface area contributed by atoms with Crippen molar-refractivity contribution in [2.75, 3.05) is 0 Å². The van der Waals surface area contributed by atoms with E-state index >= 15 is 0 Å². The van der Waals surface area contributed by atoms with E-state index in [1.54, 1.807) is 6.20 Å². The molecule has 0 fully saturated rings. The molecule has 0 aromatic carbocycles. The van der Waals surface area contributed by atoms with Gasteiger partial charge in [0.1, 0.15) is 0 Å². The molecular formula is C9H12N4S. The van der Waals surface area contributed by atoms with E-state index in [4.69, 9.17) is 5.73 Å². The number of nitrogens with two attached hydrogens (primary N) is 1. The van der Waals surface area contributed by atoms with Gasteiger partial charge in [0.2, 0.25) is 0 Å². The summed E-state index contributed by atoms with van der Waals surface area (Å²) in [4.78, 5) is 4.17. The zero-order chi connectivity index (χ0) is 10.4. The lowest BCUT2D eigenvalue weighted by Crippen LogP contribution is -2.25. The van der Waals surface area contributed by atoms with Crippen molar-refractivity contribution in [1.82, 2.24) is 10.4 Å². The van der Waals surface area contributed by atoms with Gasteiger partial charge >= 0.3 is 0 Å². The fraction of sp³-hybridized carbons (Fsp3) is 0.222. The standard InChI is InChI=1S/C9H12N4S/c1-2-7(12-13-9(10)14)8-5-3-4-6-11-8/h3-6H,2H2,1H3,(H3,10,13,14)/b12-7+. The van der Waals surface area contributed by atoms with E-state index in [2.05, 4.69) is 27.7 Å². The lowest BCUT2D eigenvalue weighted by molar-refractivity contribution is 1.01. The van der Waals surface area contributed by atoms with Gasteiger partial charge in [0.05, 0.1) is 11.4 Å². The Morgan fingerprint density at radius 2 is 2.43 bits per heavy atom. The highest BCUT2D eigenvalue weighted by Crippen LogP contribution is 1.99. The summed E-state index contributed by atoms with van der Waals surface area (Å²) >= 11 is 4.65. The van der Waals surface area contributed by atoms with Gasteiger partial charge in [-0.1, -0.05) is 13.0 Å². The minimum Gasteiger partial charge on any atom is -0.375 e. The Morgan fingerprint density at radius 3 is 2.93 bits per heavy atom. The fourth-order valence-electron chi connectivity index (χ4n) is 0.973. The average molecular weight is 208 g/mol. The third-order valence-corrected chi connectivity index (χ3v) is 1.69. The average Bonchev–Trinajstić information content (AvgIpc) is 2.20. The Hall–Kier alpha value is -1.49. The number of rotatable bonds is 3. The van der Waals surface area contributed by atoms with Crippen LogP contribution in [0.4, 0.5) is 0 Å². The first kappa shape index (κ1) is 10.6. The van der Waals surface area contributed by atoms with Gasteiger partial charge in [-0.05, 0) is 30.8 Å². The number of aromatic nitrogens is 1. The molecule has 0 saturated carbocycles. The van der Waals surface area contributed by atoms with Gasteiger partial charge in [0.25, 0.3) is 0 Å². The van der Waals surface area contributed by atoms with E-state index in [1.165, 1.54) is 0 Å². The van der Waals surface area contributed by atoms with E-state index in [-0.39, 0.29) is 5.11 Å². The zero-order valence-corrected chi connectivity index (χ0v) is 8.71. The van der Waals surface area contributed by atoms with E-state index < -0.39 is 0 Å². The summed E-state index contributed by atoms with van der Waals surface area (Å²) < 4.78 is 0. The van der Waals surface area contributed by atoms with Crippen molar-refractivity contribution in [1.29, 1.82) is 0 Å². The van der Waals surface area contributed by atoms with Crippen LogP contribution in [-0.2, 0) is 0 Å². The first-order chi connectivity index (χ1) is 6.74. The number of pyridine rings is 1. The molecule has 0 bridgehead atoms. The second-order valence-corrected chi connectivity index (χ2v) is 3.04. The van der Waals surface area contributed by atoms with Crippen molar-refractivity contribution in [3.05, 3.63) is 30.1 Å². The largest absolute Gasteiger partial charge is 0.375 e. The van der Waals surface area contributed by atoms with Crippen LogP contribution in [0.3, 0.4) is 0 Å². The van der Waals surface area contributed by atoms with Gasteiger partial charge in [-0.15, -0.1) is 0 Å². The number of nitrogens with one attached hydrogen (secondary N) is 1. The lowest BCUT2D eigenvalue weighted by Gasteiger charge is -2.02. The maximum Gasteiger partial charge on any atom is 0.184 e. The van der Waals surface area contributed by atoms with Gasteiger partial charge < -0.3 is 5.73 Å². The quantitative estimate of drug-likeness (QED) is 0.442. The molecule has 0 saturated heterocycles.